The Morgan fingerprint density at radius 3 is 2.41 bits per heavy atom. The van der Waals surface area contributed by atoms with Crippen LogP contribution in [0, 0.1) is 39.9 Å². The molecule has 9 atom stereocenters. The lowest BCUT2D eigenvalue weighted by atomic mass is 9.46. The van der Waals surface area contributed by atoms with Gasteiger partial charge in [-0.1, -0.05) is 46.8 Å². The van der Waals surface area contributed by atoms with Crippen LogP contribution in [0.3, 0.4) is 0 Å². The second kappa shape index (κ2) is 5.60. The Kier molecular flexibility index (Phi) is 4.03. The number of aliphatic hydroxyl groups is 1. The van der Waals surface area contributed by atoms with Crippen LogP contribution in [0.5, 0.6) is 0 Å². The van der Waals surface area contributed by atoms with E-state index >= 15 is 0 Å². The molecule has 152 valence electrons. The third-order valence-electron chi connectivity index (χ3n) is 9.24. The van der Waals surface area contributed by atoms with E-state index in [1.807, 2.05) is 0 Å². The fraction of sp³-hybridized carbons (Fsp3) is 0.870. The molecule has 4 nitrogen and oxygen atoms in total. The fourth-order valence-electron chi connectivity index (χ4n) is 8.15. The van der Waals surface area contributed by atoms with Gasteiger partial charge in [-0.2, -0.15) is 0 Å². The molecule has 1 N–H and O–H groups in total. The Labute approximate surface area is 163 Å². The zero-order valence-electron chi connectivity index (χ0n) is 17.9. The van der Waals surface area contributed by atoms with Crippen molar-refractivity contribution < 1.29 is 19.4 Å². The first kappa shape index (κ1) is 19.4. The number of methoxy groups -OCH3 is 1. The number of ether oxygens (including phenoxy) is 2. The number of carbonyl (C=O) groups excluding carboxylic acids is 1. The molecule has 0 radical (unpaired) electrons. The van der Waals surface area contributed by atoms with Crippen LogP contribution in [0.2, 0.25) is 0 Å². The Morgan fingerprint density at radius 2 is 1.81 bits per heavy atom. The summed E-state index contributed by atoms with van der Waals surface area (Å²) in [7, 11) is 1.80. The van der Waals surface area contributed by atoms with Gasteiger partial charge in [0.1, 0.15) is 6.10 Å². The van der Waals surface area contributed by atoms with Crippen molar-refractivity contribution in [2.45, 2.75) is 78.6 Å². The molecule has 0 spiro atoms. The van der Waals surface area contributed by atoms with Gasteiger partial charge >= 0.3 is 5.97 Å². The maximum absolute atomic E-state index is 12.6. The largest absolute Gasteiger partial charge is 0.462 e. The second-order valence-electron chi connectivity index (χ2n) is 10.9. The lowest BCUT2D eigenvalue weighted by Gasteiger charge is -2.62. The van der Waals surface area contributed by atoms with Crippen molar-refractivity contribution in [2.75, 3.05) is 7.11 Å². The number of allylic oxidation sites excluding steroid dienone is 1. The molecule has 0 heterocycles. The first-order valence-corrected chi connectivity index (χ1v) is 10.5. The first-order chi connectivity index (χ1) is 12.4. The van der Waals surface area contributed by atoms with Crippen LogP contribution in [-0.2, 0) is 14.3 Å². The summed E-state index contributed by atoms with van der Waals surface area (Å²) >= 11 is 0. The van der Waals surface area contributed by atoms with Gasteiger partial charge in [0, 0.05) is 24.9 Å². The predicted molar refractivity (Wildman–Crippen MR) is 104 cm³/mol. The molecule has 4 aliphatic carbocycles. The van der Waals surface area contributed by atoms with E-state index in [9.17, 15) is 9.90 Å². The summed E-state index contributed by atoms with van der Waals surface area (Å²) in [6.07, 6.45) is 7.11. The van der Waals surface area contributed by atoms with E-state index < -0.39 is 11.0 Å². The summed E-state index contributed by atoms with van der Waals surface area (Å²) in [4.78, 5) is 12.0. The molecule has 27 heavy (non-hydrogen) atoms. The maximum Gasteiger partial charge on any atom is 0.302 e. The topological polar surface area (TPSA) is 55.8 Å². The zero-order chi connectivity index (χ0) is 20.0. The van der Waals surface area contributed by atoms with E-state index in [1.165, 1.54) is 6.92 Å². The summed E-state index contributed by atoms with van der Waals surface area (Å²) in [6.45, 7) is 12.6. The fourth-order valence-corrected chi connectivity index (χ4v) is 8.15. The zero-order valence-corrected chi connectivity index (χ0v) is 17.9. The molecule has 0 unspecified atom stereocenters. The van der Waals surface area contributed by atoms with Crippen molar-refractivity contribution in [2.24, 2.45) is 39.9 Å². The maximum atomic E-state index is 12.6. The quantitative estimate of drug-likeness (QED) is 0.585. The lowest BCUT2D eigenvalue weighted by molar-refractivity contribution is -0.250. The molecule has 0 saturated heterocycles. The van der Waals surface area contributed by atoms with Gasteiger partial charge in [0.05, 0.1) is 11.7 Å². The van der Waals surface area contributed by atoms with E-state index in [-0.39, 0.29) is 40.8 Å². The van der Waals surface area contributed by atoms with E-state index in [1.54, 1.807) is 7.11 Å². The van der Waals surface area contributed by atoms with E-state index in [0.717, 1.165) is 19.3 Å². The summed E-state index contributed by atoms with van der Waals surface area (Å²) in [5.41, 5.74) is -1.70. The highest BCUT2D eigenvalue weighted by molar-refractivity contribution is 5.66. The van der Waals surface area contributed by atoms with Gasteiger partial charge in [-0.3, -0.25) is 4.79 Å². The second-order valence-corrected chi connectivity index (χ2v) is 10.9. The third kappa shape index (κ3) is 2.15. The minimum atomic E-state index is -0.903. The number of hydrogen-bond donors (Lipinski definition) is 1. The van der Waals surface area contributed by atoms with E-state index in [2.05, 4.69) is 46.8 Å². The van der Waals surface area contributed by atoms with Gasteiger partial charge in [0.25, 0.3) is 0 Å². The van der Waals surface area contributed by atoms with Gasteiger partial charge < -0.3 is 14.6 Å². The van der Waals surface area contributed by atoms with E-state index in [0.29, 0.717) is 11.8 Å². The van der Waals surface area contributed by atoms with Crippen molar-refractivity contribution in [1.82, 2.24) is 0 Å². The normalized spacial score (nSPS) is 55.1. The van der Waals surface area contributed by atoms with Crippen LogP contribution in [0.15, 0.2) is 12.2 Å². The van der Waals surface area contributed by atoms with Crippen molar-refractivity contribution >= 4 is 5.97 Å². The molecule has 3 saturated carbocycles. The third-order valence-corrected chi connectivity index (χ3v) is 9.24. The van der Waals surface area contributed by atoms with Gasteiger partial charge in [-0.15, -0.1) is 0 Å². The monoisotopic (exact) mass is 376 g/mol. The molecule has 4 aliphatic rings. The van der Waals surface area contributed by atoms with E-state index in [4.69, 9.17) is 9.47 Å². The minimum Gasteiger partial charge on any atom is -0.462 e. The highest BCUT2D eigenvalue weighted by atomic mass is 16.5. The molecule has 0 aliphatic heterocycles. The molecule has 3 fully saturated rings. The number of carbonyl (C=O) groups is 1. The first-order valence-electron chi connectivity index (χ1n) is 10.5. The molecule has 4 heteroatoms. The summed E-state index contributed by atoms with van der Waals surface area (Å²) in [5, 5.41) is 12.6. The summed E-state index contributed by atoms with van der Waals surface area (Å²) in [6, 6.07) is 0. The standard InChI is InChI=1S/C23H36O4/c1-13-10-16-15(19(13)26-7)12-22(6)18(27-14(2)24)11-17-20(3,4)8-9-21(17,5)23(16,22)25/h8-9,13,15-19,25H,10-12H2,1-7H3/t13-,15+,16+,17+,18-,19+,21-,22-,23-/m0/s1. The van der Waals surface area contributed by atoms with Crippen LogP contribution in [-0.4, -0.2) is 36.0 Å². The Bertz CT molecular complexity index is 684. The van der Waals surface area contributed by atoms with Crippen LogP contribution in [0.4, 0.5) is 0 Å². The highest BCUT2D eigenvalue weighted by Crippen LogP contribution is 2.75. The summed E-state index contributed by atoms with van der Waals surface area (Å²) in [5.74, 6) is 0.929. The average Bonchev–Trinajstić information content (AvgIpc) is 3.09. The summed E-state index contributed by atoms with van der Waals surface area (Å²) < 4.78 is 11.8. The van der Waals surface area contributed by atoms with Gasteiger partial charge in [0.2, 0.25) is 0 Å². The Balaban J connectivity index is 1.87. The minimum absolute atomic E-state index is 0.0207. The van der Waals surface area contributed by atoms with Gasteiger partial charge in [-0.25, -0.2) is 0 Å². The lowest BCUT2D eigenvalue weighted by Crippen LogP contribution is -2.68. The van der Waals surface area contributed by atoms with Gasteiger partial charge in [-0.05, 0) is 48.3 Å². The van der Waals surface area contributed by atoms with Crippen molar-refractivity contribution in [3.05, 3.63) is 12.2 Å². The molecule has 0 bridgehead atoms. The molecular formula is C23H36O4. The Morgan fingerprint density at radius 1 is 1.15 bits per heavy atom. The molecular weight excluding hydrogens is 340 g/mol. The number of hydrogen-bond acceptors (Lipinski definition) is 4. The number of fused-ring (bicyclic) bond motifs is 5. The van der Waals surface area contributed by atoms with Crippen LogP contribution in [0.25, 0.3) is 0 Å². The SMILES string of the molecule is CO[C@H]1[C@@H]2C[C@@]3(C)[C@@H](OC(C)=O)C[C@@H]4C(C)(C)C=C[C@]4(C)[C@@]3(O)[C@@H]2C[C@@H]1C. The van der Waals surface area contributed by atoms with Crippen molar-refractivity contribution in [3.8, 4) is 0 Å². The number of esters is 1. The van der Waals surface area contributed by atoms with Gasteiger partial charge in [0.15, 0.2) is 0 Å². The molecule has 0 amide bonds. The van der Waals surface area contributed by atoms with Crippen LogP contribution in [0.1, 0.15) is 60.8 Å². The van der Waals surface area contributed by atoms with Crippen molar-refractivity contribution in [3.63, 3.8) is 0 Å². The molecule has 4 rings (SSSR count). The average molecular weight is 377 g/mol. The predicted octanol–water partition coefficient (Wildman–Crippen LogP) is 3.97. The Hall–Kier alpha value is -0.870. The smallest absolute Gasteiger partial charge is 0.302 e. The highest BCUT2D eigenvalue weighted by Gasteiger charge is 2.78. The van der Waals surface area contributed by atoms with Crippen molar-refractivity contribution in [1.29, 1.82) is 0 Å². The molecule has 0 aromatic heterocycles. The van der Waals surface area contributed by atoms with Crippen LogP contribution >= 0.6 is 0 Å². The number of rotatable bonds is 2. The molecule has 0 aromatic carbocycles. The molecule has 0 aromatic rings. The van der Waals surface area contributed by atoms with Crippen LogP contribution < -0.4 is 0 Å².